The van der Waals surface area contributed by atoms with Crippen LogP contribution in [0, 0.1) is 5.82 Å². The van der Waals surface area contributed by atoms with E-state index in [0.29, 0.717) is 24.3 Å². The number of nitrogens with one attached hydrogen (secondary N) is 3. The molecule has 2 atom stereocenters. The van der Waals surface area contributed by atoms with Gasteiger partial charge in [-0.3, -0.25) is 9.59 Å². The summed E-state index contributed by atoms with van der Waals surface area (Å²) in [6, 6.07) is 2.84. The van der Waals surface area contributed by atoms with Crippen molar-refractivity contribution >= 4 is 23.8 Å². The molecule has 4 rings (SSSR count). The highest BCUT2D eigenvalue weighted by molar-refractivity contribution is 5.98. The summed E-state index contributed by atoms with van der Waals surface area (Å²) in [6.07, 6.45) is 0.904. The van der Waals surface area contributed by atoms with Gasteiger partial charge in [0, 0.05) is 38.7 Å². The van der Waals surface area contributed by atoms with Crippen molar-refractivity contribution < 1.29 is 23.5 Å². The third kappa shape index (κ3) is 3.23. The maximum absolute atomic E-state index is 14.7. The van der Waals surface area contributed by atoms with E-state index < -0.39 is 17.3 Å². The van der Waals surface area contributed by atoms with Gasteiger partial charge >= 0.3 is 0 Å². The summed E-state index contributed by atoms with van der Waals surface area (Å²) in [6.45, 7) is 2.74. The lowest BCUT2D eigenvalue weighted by Gasteiger charge is -2.42. The number of nitrogens with zero attached hydrogens (tertiary/aromatic N) is 1. The molecular weight excluding hydrogens is 355 g/mol. The molecule has 0 aliphatic carbocycles. The minimum Gasteiger partial charge on any atom is -0.489 e. The molecular formula is C18H21FN4O4. The number of aldehydes is 1. The molecule has 0 unspecified atom stereocenters. The first kappa shape index (κ1) is 17.7. The third-order valence-electron chi connectivity index (χ3n) is 5.37. The minimum absolute atomic E-state index is 0.00735. The van der Waals surface area contributed by atoms with Gasteiger partial charge in [-0.15, -0.1) is 0 Å². The lowest BCUT2D eigenvalue weighted by atomic mass is 9.91. The number of piperidine rings is 1. The molecule has 2 amide bonds. The third-order valence-corrected chi connectivity index (χ3v) is 5.37. The van der Waals surface area contributed by atoms with Crippen molar-refractivity contribution in [3.8, 4) is 5.75 Å². The number of amides is 2. The first-order chi connectivity index (χ1) is 13.0. The molecule has 9 heteroatoms. The van der Waals surface area contributed by atoms with E-state index in [1.807, 2.05) is 0 Å². The number of ether oxygens (including phenoxy) is 1. The van der Waals surface area contributed by atoms with Crippen LogP contribution in [0.2, 0.25) is 0 Å². The van der Waals surface area contributed by atoms with Crippen LogP contribution in [0.1, 0.15) is 23.2 Å². The second-order valence-electron chi connectivity index (χ2n) is 7.17. The smallest absolute Gasteiger partial charge is 0.255 e. The summed E-state index contributed by atoms with van der Waals surface area (Å²) in [5.74, 6) is -1.10. The molecule has 3 N–H and O–H groups in total. The van der Waals surface area contributed by atoms with Gasteiger partial charge in [-0.1, -0.05) is 0 Å². The normalized spacial score (nSPS) is 26.9. The molecule has 3 aliphatic rings. The van der Waals surface area contributed by atoms with Crippen LogP contribution in [-0.2, 0) is 9.59 Å². The van der Waals surface area contributed by atoms with Crippen LogP contribution in [0.3, 0.4) is 0 Å². The van der Waals surface area contributed by atoms with E-state index in [-0.39, 0.29) is 36.9 Å². The highest BCUT2D eigenvalue weighted by Gasteiger charge is 2.37. The number of hydrogen-bond donors (Lipinski definition) is 3. The van der Waals surface area contributed by atoms with Gasteiger partial charge in [0.05, 0.1) is 17.3 Å². The van der Waals surface area contributed by atoms with Crippen LogP contribution in [0.5, 0.6) is 5.75 Å². The molecule has 8 nitrogen and oxygen atoms in total. The predicted molar refractivity (Wildman–Crippen MR) is 94.4 cm³/mol. The molecule has 1 aromatic rings. The molecule has 0 aromatic heterocycles. The Morgan fingerprint density at radius 1 is 1.44 bits per heavy atom. The number of hydrogen-bond acceptors (Lipinski definition) is 6. The number of rotatable bonds is 3. The summed E-state index contributed by atoms with van der Waals surface area (Å²) < 4.78 is 20.5. The first-order valence-electron chi connectivity index (χ1n) is 9.00. The molecule has 1 aromatic carbocycles. The number of carbonyl (C=O) groups is 3. The zero-order valence-electron chi connectivity index (χ0n) is 14.7. The zero-order chi connectivity index (χ0) is 19.0. The molecule has 0 saturated carbocycles. The topological polar surface area (TPSA) is 99.8 Å². The van der Waals surface area contributed by atoms with Crippen LogP contribution in [0.4, 0.5) is 10.1 Å². The zero-order valence-corrected chi connectivity index (χ0v) is 14.7. The van der Waals surface area contributed by atoms with E-state index in [9.17, 15) is 18.8 Å². The Kier molecular flexibility index (Phi) is 4.47. The summed E-state index contributed by atoms with van der Waals surface area (Å²) >= 11 is 0. The van der Waals surface area contributed by atoms with Gasteiger partial charge in [-0.25, -0.2) is 4.39 Å². The summed E-state index contributed by atoms with van der Waals surface area (Å²) in [5, 5.41) is 8.42. The Bertz CT molecular complexity index is 790. The summed E-state index contributed by atoms with van der Waals surface area (Å²) in [7, 11) is 0. The molecule has 0 spiro atoms. The second-order valence-corrected chi connectivity index (χ2v) is 7.17. The number of halogens is 1. The van der Waals surface area contributed by atoms with Gasteiger partial charge in [-0.2, -0.15) is 0 Å². The van der Waals surface area contributed by atoms with Crippen molar-refractivity contribution in [3.63, 3.8) is 0 Å². The van der Waals surface area contributed by atoms with Crippen LogP contribution in [0.15, 0.2) is 12.1 Å². The lowest BCUT2D eigenvalue weighted by Crippen LogP contribution is -2.60. The van der Waals surface area contributed by atoms with Crippen molar-refractivity contribution in [2.24, 2.45) is 0 Å². The molecule has 0 radical (unpaired) electrons. The van der Waals surface area contributed by atoms with Gasteiger partial charge in [-0.05, 0) is 12.5 Å². The molecule has 3 aliphatic heterocycles. The second kappa shape index (κ2) is 6.80. The molecule has 2 saturated heterocycles. The Labute approximate surface area is 155 Å². The highest BCUT2D eigenvalue weighted by Crippen LogP contribution is 2.36. The fourth-order valence-corrected chi connectivity index (χ4v) is 3.77. The van der Waals surface area contributed by atoms with Crippen LogP contribution >= 0.6 is 0 Å². The SMILES string of the molecule is O=C[C@]1(NC(=O)c2cc3c(cc2F)N2CCNC[C@H]2CO3)CCC(=O)NC1. The number of carbonyl (C=O) groups excluding carboxylic acids is 3. The Hall–Kier alpha value is -2.68. The summed E-state index contributed by atoms with van der Waals surface area (Å²) in [4.78, 5) is 37.6. The fraction of sp³-hybridized carbons (Fsp3) is 0.500. The van der Waals surface area contributed by atoms with Crippen LogP contribution in [0.25, 0.3) is 0 Å². The maximum Gasteiger partial charge on any atom is 0.255 e. The summed E-state index contributed by atoms with van der Waals surface area (Å²) in [5.41, 5.74) is -0.769. The Morgan fingerprint density at radius 3 is 3.04 bits per heavy atom. The van der Waals surface area contributed by atoms with Crippen molar-refractivity contribution in [2.45, 2.75) is 24.4 Å². The van der Waals surface area contributed by atoms with E-state index in [4.69, 9.17) is 4.74 Å². The van der Waals surface area contributed by atoms with Gasteiger partial charge in [0.25, 0.3) is 5.91 Å². The minimum atomic E-state index is -1.22. The van der Waals surface area contributed by atoms with Gasteiger partial charge in [0.1, 0.15) is 30.0 Å². The number of fused-ring (bicyclic) bond motifs is 3. The lowest BCUT2D eigenvalue weighted by molar-refractivity contribution is -0.125. The van der Waals surface area contributed by atoms with Crippen LogP contribution < -0.4 is 25.6 Å². The van der Waals surface area contributed by atoms with Gasteiger partial charge in [0.15, 0.2) is 0 Å². The van der Waals surface area contributed by atoms with Crippen molar-refractivity contribution in [1.82, 2.24) is 16.0 Å². The van der Waals surface area contributed by atoms with Crippen molar-refractivity contribution in [3.05, 3.63) is 23.5 Å². The molecule has 144 valence electrons. The number of anilines is 1. The molecule has 2 fully saturated rings. The highest BCUT2D eigenvalue weighted by atomic mass is 19.1. The van der Waals surface area contributed by atoms with Crippen molar-refractivity contribution in [2.75, 3.05) is 37.7 Å². The quantitative estimate of drug-likeness (QED) is 0.620. The van der Waals surface area contributed by atoms with E-state index >= 15 is 0 Å². The first-order valence-corrected chi connectivity index (χ1v) is 9.00. The number of piperazine rings is 1. The predicted octanol–water partition coefficient (Wildman–Crippen LogP) is -0.426. The Morgan fingerprint density at radius 2 is 2.30 bits per heavy atom. The van der Waals surface area contributed by atoms with Crippen molar-refractivity contribution in [1.29, 1.82) is 0 Å². The standard InChI is InChI=1S/C18H21FN4O4/c19-13-6-14-15(27-8-11-7-20-3-4-23(11)14)5-12(13)17(26)22-18(10-24)2-1-16(25)21-9-18/h5-6,10-11,20H,1-4,7-9H2,(H,21,25)(H,22,26)/t11-,18-/m0/s1. The average molecular weight is 376 g/mol. The maximum atomic E-state index is 14.7. The van der Waals surface area contributed by atoms with E-state index in [2.05, 4.69) is 20.9 Å². The Balaban J connectivity index is 1.58. The molecule has 27 heavy (non-hydrogen) atoms. The molecule has 3 heterocycles. The molecule has 0 bridgehead atoms. The van der Waals surface area contributed by atoms with Crippen LogP contribution in [-0.4, -0.2) is 62.5 Å². The van der Waals surface area contributed by atoms with Gasteiger partial charge < -0.3 is 30.4 Å². The monoisotopic (exact) mass is 376 g/mol. The van der Waals surface area contributed by atoms with E-state index in [1.54, 1.807) is 0 Å². The fourth-order valence-electron chi connectivity index (χ4n) is 3.77. The van der Waals surface area contributed by atoms with Gasteiger partial charge in [0.2, 0.25) is 5.91 Å². The number of benzene rings is 1. The largest absolute Gasteiger partial charge is 0.489 e. The average Bonchev–Trinajstić information content (AvgIpc) is 2.69. The van der Waals surface area contributed by atoms with E-state index in [1.165, 1.54) is 12.1 Å². The van der Waals surface area contributed by atoms with E-state index in [0.717, 1.165) is 19.6 Å².